The highest BCUT2D eigenvalue weighted by atomic mass is 32.2. The highest BCUT2D eigenvalue weighted by Crippen LogP contribution is 2.28. The van der Waals surface area contributed by atoms with Crippen LogP contribution < -0.4 is 5.32 Å². The summed E-state index contributed by atoms with van der Waals surface area (Å²) in [5.41, 5.74) is 1.55. The first kappa shape index (κ1) is 16.5. The smallest absolute Gasteiger partial charge is 0.262 e. The molecule has 1 aliphatic carbocycles. The molecule has 6 nitrogen and oxygen atoms in total. The molecule has 0 bridgehead atoms. The average Bonchev–Trinajstić information content (AvgIpc) is 3.05. The number of hydrogen-bond donors (Lipinski definition) is 2. The van der Waals surface area contributed by atoms with Gasteiger partial charge in [-0.25, -0.2) is 8.42 Å². The molecule has 1 aliphatic rings. The van der Waals surface area contributed by atoms with Gasteiger partial charge in [0.2, 0.25) is 0 Å². The monoisotopic (exact) mass is 314 g/mol. The van der Waals surface area contributed by atoms with Gasteiger partial charge in [-0.15, -0.1) is 0 Å². The van der Waals surface area contributed by atoms with E-state index in [1.54, 1.807) is 7.05 Å². The zero-order valence-electron chi connectivity index (χ0n) is 13.3. The molecule has 2 rings (SSSR count). The van der Waals surface area contributed by atoms with E-state index in [0.29, 0.717) is 12.6 Å². The number of hydrogen-bond acceptors (Lipinski definition) is 4. The molecular weight excluding hydrogens is 288 g/mol. The molecule has 0 aliphatic heterocycles. The summed E-state index contributed by atoms with van der Waals surface area (Å²) < 4.78 is 27.1. The number of rotatable bonds is 6. The zero-order valence-corrected chi connectivity index (χ0v) is 14.1. The number of sulfonamides is 1. The van der Waals surface area contributed by atoms with Gasteiger partial charge < -0.3 is 5.32 Å². The van der Waals surface area contributed by atoms with Crippen LogP contribution >= 0.6 is 0 Å². The van der Waals surface area contributed by atoms with Crippen molar-refractivity contribution in [2.45, 2.75) is 70.1 Å². The van der Waals surface area contributed by atoms with Gasteiger partial charge in [0.05, 0.1) is 0 Å². The Morgan fingerprint density at radius 1 is 1.38 bits per heavy atom. The molecule has 1 fully saturated rings. The lowest BCUT2D eigenvalue weighted by molar-refractivity contribution is 0.371. The second-order valence-electron chi connectivity index (χ2n) is 6.13. The summed E-state index contributed by atoms with van der Waals surface area (Å²) in [7, 11) is -1.85. The highest BCUT2D eigenvalue weighted by Gasteiger charge is 2.33. The van der Waals surface area contributed by atoms with Crippen LogP contribution in [0.25, 0.3) is 0 Å². The van der Waals surface area contributed by atoms with E-state index < -0.39 is 10.0 Å². The van der Waals surface area contributed by atoms with Crippen LogP contribution in [0, 0.1) is 6.92 Å². The minimum absolute atomic E-state index is 0.109. The SMILES string of the molecule is Cc1[nH]nc(S(=O)(=O)N(C)C2CCCC2)c1CNC(C)C. The Morgan fingerprint density at radius 3 is 2.57 bits per heavy atom. The van der Waals surface area contributed by atoms with Crippen LogP contribution in [0.5, 0.6) is 0 Å². The lowest BCUT2D eigenvalue weighted by atomic mass is 10.2. The first-order valence-electron chi connectivity index (χ1n) is 7.59. The van der Waals surface area contributed by atoms with E-state index in [1.165, 1.54) is 4.31 Å². The van der Waals surface area contributed by atoms with E-state index in [4.69, 9.17) is 0 Å². The van der Waals surface area contributed by atoms with E-state index in [2.05, 4.69) is 15.5 Å². The second kappa shape index (κ2) is 6.46. The van der Waals surface area contributed by atoms with E-state index in [9.17, 15) is 8.42 Å². The molecule has 120 valence electrons. The van der Waals surface area contributed by atoms with Crippen molar-refractivity contribution in [2.24, 2.45) is 0 Å². The van der Waals surface area contributed by atoms with Gasteiger partial charge in [-0.3, -0.25) is 5.10 Å². The van der Waals surface area contributed by atoms with E-state index in [0.717, 1.165) is 36.9 Å². The van der Waals surface area contributed by atoms with E-state index in [-0.39, 0.29) is 11.1 Å². The average molecular weight is 314 g/mol. The molecule has 0 saturated heterocycles. The molecule has 1 aromatic rings. The number of nitrogens with one attached hydrogen (secondary N) is 2. The minimum Gasteiger partial charge on any atom is -0.310 e. The van der Waals surface area contributed by atoms with Gasteiger partial charge in [0.15, 0.2) is 5.03 Å². The standard InChI is InChI=1S/C14H26N4O2S/c1-10(2)15-9-13-11(3)16-17-14(13)21(19,20)18(4)12-7-5-6-8-12/h10,12,15H,5-9H2,1-4H3,(H,16,17). The maximum Gasteiger partial charge on any atom is 0.262 e. The summed E-state index contributed by atoms with van der Waals surface area (Å²) in [4.78, 5) is 0. The number of aromatic nitrogens is 2. The van der Waals surface area contributed by atoms with Crippen molar-refractivity contribution < 1.29 is 8.42 Å². The Balaban J connectivity index is 2.27. The molecule has 21 heavy (non-hydrogen) atoms. The van der Waals surface area contributed by atoms with Crippen molar-refractivity contribution in [1.29, 1.82) is 0 Å². The number of aryl methyl sites for hydroxylation is 1. The van der Waals surface area contributed by atoms with Gasteiger partial charge in [0.1, 0.15) is 0 Å². The van der Waals surface area contributed by atoms with Crippen LogP contribution in [0.15, 0.2) is 5.03 Å². The Labute approximate surface area is 127 Å². The predicted molar refractivity (Wildman–Crippen MR) is 82.5 cm³/mol. The van der Waals surface area contributed by atoms with Crippen LogP contribution in [0.1, 0.15) is 50.8 Å². The normalized spacial score (nSPS) is 17.2. The second-order valence-corrected chi connectivity index (χ2v) is 8.04. The van der Waals surface area contributed by atoms with Gasteiger partial charge in [-0.05, 0) is 19.8 Å². The maximum absolute atomic E-state index is 12.8. The summed E-state index contributed by atoms with van der Waals surface area (Å²) in [6.45, 7) is 6.44. The molecule has 0 aromatic carbocycles. The summed E-state index contributed by atoms with van der Waals surface area (Å²) >= 11 is 0. The Bertz CT molecular complexity index is 574. The van der Waals surface area contributed by atoms with Crippen molar-refractivity contribution in [1.82, 2.24) is 19.8 Å². The Hall–Kier alpha value is -0.920. The third-order valence-electron chi connectivity index (χ3n) is 4.19. The van der Waals surface area contributed by atoms with Crippen LogP contribution in [0.4, 0.5) is 0 Å². The maximum atomic E-state index is 12.8. The van der Waals surface area contributed by atoms with Gasteiger partial charge >= 0.3 is 0 Å². The predicted octanol–water partition coefficient (Wildman–Crippen LogP) is 1.78. The highest BCUT2D eigenvalue weighted by molar-refractivity contribution is 7.89. The fourth-order valence-corrected chi connectivity index (χ4v) is 4.33. The molecule has 7 heteroatoms. The fraction of sp³-hybridized carbons (Fsp3) is 0.786. The number of aromatic amines is 1. The molecule has 0 atom stereocenters. The Morgan fingerprint density at radius 2 is 2.00 bits per heavy atom. The molecule has 0 amide bonds. The van der Waals surface area contributed by atoms with Gasteiger partial charge in [-0.1, -0.05) is 26.7 Å². The third-order valence-corrected chi connectivity index (χ3v) is 6.07. The number of H-pyrrole nitrogens is 1. The summed E-state index contributed by atoms with van der Waals surface area (Å²) in [6, 6.07) is 0.403. The molecular formula is C14H26N4O2S. The molecule has 2 N–H and O–H groups in total. The molecule has 0 spiro atoms. The first-order chi connectivity index (χ1) is 9.84. The van der Waals surface area contributed by atoms with E-state index >= 15 is 0 Å². The Kier molecular flexibility index (Phi) is 5.06. The molecule has 1 aromatic heterocycles. The molecule has 1 saturated carbocycles. The van der Waals surface area contributed by atoms with Crippen molar-refractivity contribution in [3.8, 4) is 0 Å². The number of nitrogens with zero attached hydrogens (tertiary/aromatic N) is 2. The quantitative estimate of drug-likeness (QED) is 0.839. The summed E-state index contributed by atoms with van der Waals surface area (Å²) in [5.74, 6) is 0. The van der Waals surface area contributed by atoms with Crippen LogP contribution in [0.2, 0.25) is 0 Å². The topological polar surface area (TPSA) is 78.1 Å². The van der Waals surface area contributed by atoms with Gasteiger partial charge in [0, 0.05) is 36.9 Å². The minimum atomic E-state index is -3.53. The van der Waals surface area contributed by atoms with Gasteiger partial charge in [-0.2, -0.15) is 9.40 Å². The molecule has 0 radical (unpaired) electrons. The van der Waals surface area contributed by atoms with Crippen molar-refractivity contribution in [2.75, 3.05) is 7.05 Å². The van der Waals surface area contributed by atoms with Crippen LogP contribution in [0.3, 0.4) is 0 Å². The molecule has 0 unspecified atom stereocenters. The fourth-order valence-electron chi connectivity index (χ4n) is 2.76. The zero-order chi connectivity index (χ0) is 15.6. The molecule has 1 heterocycles. The first-order valence-corrected chi connectivity index (χ1v) is 9.03. The lowest BCUT2D eigenvalue weighted by Crippen LogP contribution is -2.36. The summed E-state index contributed by atoms with van der Waals surface area (Å²) in [6.07, 6.45) is 4.09. The third kappa shape index (κ3) is 3.46. The largest absolute Gasteiger partial charge is 0.310 e. The van der Waals surface area contributed by atoms with Gasteiger partial charge in [0.25, 0.3) is 10.0 Å². The van der Waals surface area contributed by atoms with E-state index in [1.807, 2.05) is 20.8 Å². The van der Waals surface area contributed by atoms with Crippen molar-refractivity contribution in [3.05, 3.63) is 11.3 Å². The van der Waals surface area contributed by atoms with Crippen molar-refractivity contribution in [3.63, 3.8) is 0 Å². The summed E-state index contributed by atoms with van der Waals surface area (Å²) in [5, 5.41) is 10.3. The van der Waals surface area contributed by atoms with Crippen LogP contribution in [-0.2, 0) is 16.6 Å². The lowest BCUT2D eigenvalue weighted by Gasteiger charge is -2.23. The van der Waals surface area contributed by atoms with Crippen LogP contribution in [-0.4, -0.2) is 42.1 Å². The van der Waals surface area contributed by atoms with Crippen molar-refractivity contribution >= 4 is 10.0 Å².